The number of hydrogen-bond donors (Lipinski definition) is 1. The van der Waals surface area contributed by atoms with Gasteiger partial charge in [-0.15, -0.1) is 0 Å². The second kappa shape index (κ2) is 8.86. The van der Waals surface area contributed by atoms with E-state index in [1.807, 2.05) is 37.3 Å². The lowest BCUT2D eigenvalue weighted by Gasteiger charge is -2.27. The van der Waals surface area contributed by atoms with Crippen molar-refractivity contribution in [1.29, 1.82) is 0 Å². The number of carbonyl (C=O) groups is 1. The summed E-state index contributed by atoms with van der Waals surface area (Å²) in [6.07, 6.45) is 0.737. The zero-order chi connectivity index (χ0) is 20.1. The third-order valence-electron chi connectivity index (χ3n) is 4.95. The zero-order valence-corrected chi connectivity index (χ0v) is 17.0. The molecule has 1 N–H and O–H groups in total. The molecule has 1 aliphatic rings. The van der Waals surface area contributed by atoms with Gasteiger partial charge in [-0.2, -0.15) is 4.31 Å². The Balaban J connectivity index is 1.85. The van der Waals surface area contributed by atoms with Crippen molar-refractivity contribution in [3.8, 4) is 0 Å². The largest absolute Gasteiger partial charge is 0.379 e. The lowest BCUT2D eigenvalue weighted by molar-refractivity contribution is 0.0730. The van der Waals surface area contributed by atoms with Crippen LogP contribution in [0.4, 0.5) is 0 Å². The van der Waals surface area contributed by atoms with Crippen molar-refractivity contribution in [3.63, 3.8) is 0 Å². The smallest absolute Gasteiger partial charge is 0.251 e. The zero-order valence-electron chi connectivity index (χ0n) is 16.2. The van der Waals surface area contributed by atoms with Crippen LogP contribution in [-0.4, -0.2) is 44.9 Å². The molecule has 0 aliphatic carbocycles. The number of ether oxygens (including phenoxy) is 1. The van der Waals surface area contributed by atoms with Gasteiger partial charge in [-0.1, -0.05) is 43.3 Å². The van der Waals surface area contributed by atoms with Crippen molar-refractivity contribution in [2.75, 3.05) is 26.3 Å². The number of nitrogens with one attached hydrogen (secondary N) is 1. The monoisotopic (exact) mass is 402 g/mol. The third-order valence-corrected chi connectivity index (χ3v) is 6.99. The topological polar surface area (TPSA) is 75.7 Å². The predicted molar refractivity (Wildman–Crippen MR) is 108 cm³/mol. The maximum Gasteiger partial charge on any atom is 0.251 e. The Morgan fingerprint density at radius 3 is 2.46 bits per heavy atom. The number of morpholine rings is 1. The lowest BCUT2D eigenvalue weighted by Crippen LogP contribution is -2.41. The average molecular weight is 403 g/mol. The van der Waals surface area contributed by atoms with E-state index in [1.54, 1.807) is 19.1 Å². The van der Waals surface area contributed by atoms with E-state index in [2.05, 4.69) is 5.32 Å². The molecule has 28 heavy (non-hydrogen) atoms. The van der Waals surface area contributed by atoms with Gasteiger partial charge in [0.1, 0.15) is 0 Å². The van der Waals surface area contributed by atoms with Crippen LogP contribution < -0.4 is 5.32 Å². The lowest BCUT2D eigenvalue weighted by atomic mass is 10.0. The number of sulfonamides is 1. The van der Waals surface area contributed by atoms with Crippen LogP contribution in [0.15, 0.2) is 53.4 Å². The summed E-state index contributed by atoms with van der Waals surface area (Å²) in [6, 6.07) is 14.4. The molecule has 3 rings (SSSR count). The van der Waals surface area contributed by atoms with Crippen LogP contribution >= 0.6 is 0 Å². The molecule has 1 aliphatic heterocycles. The van der Waals surface area contributed by atoms with Crippen LogP contribution in [0.3, 0.4) is 0 Å². The number of amides is 1. The summed E-state index contributed by atoms with van der Waals surface area (Å²) < 4.78 is 32.7. The van der Waals surface area contributed by atoms with Gasteiger partial charge in [0.05, 0.1) is 24.2 Å². The van der Waals surface area contributed by atoms with Crippen LogP contribution in [-0.2, 0) is 14.8 Å². The molecule has 1 fully saturated rings. The van der Waals surface area contributed by atoms with Gasteiger partial charge in [-0.05, 0) is 36.6 Å². The summed E-state index contributed by atoms with van der Waals surface area (Å²) >= 11 is 0. The van der Waals surface area contributed by atoms with Crippen LogP contribution in [0.5, 0.6) is 0 Å². The van der Waals surface area contributed by atoms with Crippen LogP contribution in [0.1, 0.15) is 40.9 Å². The van der Waals surface area contributed by atoms with E-state index in [0.717, 1.165) is 12.0 Å². The van der Waals surface area contributed by atoms with E-state index in [4.69, 9.17) is 4.74 Å². The molecule has 1 saturated heterocycles. The standard InChI is InChI=1S/C21H26N2O4S/c1-3-19(17-7-5-4-6-8-17)22-21(24)18-10-9-16(2)20(15-18)28(25,26)23-11-13-27-14-12-23/h4-10,15,19H,3,11-14H2,1-2H3,(H,22,24). The average Bonchev–Trinajstić information content (AvgIpc) is 2.73. The molecule has 0 aromatic heterocycles. The molecule has 6 nitrogen and oxygen atoms in total. The van der Waals surface area contributed by atoms with Gasteiger partial charge >= 0.3 is 0 Å². The fourth-order valence-corrected chi connectivity index (χ4v) is 4.95. The van der Waals surface area contributed by atoms with Crippen LogP contribution in [0.25, 0.3) is 0 Å². The highest BCUT2D eigenvalue weighted by Crippen LogP contribution is 2.23. The molecule has 7 heteroatoms. The predicted octanol–water partition coefficient (Wildman–Crippen LogP) is 2.90. The van der Waals surface area contributed by atoms with Crippen molar-refractivity contribution < 1.29 is 17.9 Å². The van der Waals surface area contributed by atoms with E-state index < -0.39 is 10.0 Å². The maximum atomic E-state index is 13.0. The van der Waals surface area contributed by atoms with Gasteiger partial charge in [0, 0.05) is 18.7 Å². The fraction of sp³-hybridized carbons (Fsp3) is 0.381. The summed E-state index contributed by atoms with van der Waals surface area (Å²) in [4.78, 5) is 13.0. The van der Waals surface area contributed by atoms with Crippen molar-refractivity contribution in [2.24, 2.45) is 0 Å². The second-order valence-electron chi connectivity index (χ2n) is 6.84. The Bertz CT molecular complexity index is 923. The minimum Gasteiger partial charge on any atom is -0.379 e. The van der Waals surface area contributed by atoms with Crippen molar-refractivity contribution >= 4 is 15.9 Å². The van der Waals surface area contributed by atoms with Crippen molar-refractivity contribution in [1.82, 2.24) is 9.62 Å². The normalized spacial score (nSPS) is 16.5. The van der Waals surface area contributed by atoms with E-state index in [9.17, 15) is 13.2 Å². The summed E-state index contributed by atoms with van der Waals surface area (Å²) in [5.41, 5.74) is 1.98. The van der Waals surface area contributed by atoms with Crippen LogP contribution in [0, 0.1) is 6.92 Å². The van der Waals surface area contributed by atoms with Gasteiger partial charge in [0.2, 0.25) is 10.0 Å². The molecule has 0 spiro atoms. The SMILES string of the molecule is CCC(NC(=O)c1ccc(C)c(S(=O)(=O)N2CCOCC2)c1)c1ccccc1. The Labute approximate surface area is 166 Å². The molecule has 1 amide bonds. The molecular weight excluding hydrogens is 376 g/mol. The van der Waals surface area contributed by atoms with E-state index in [1.165, 1.54) is 10.4 Å². The van der Waals surface area contributed by atoms with Gasteiger partial charge in [-0.25, -0.2) is 8.42 Å². The highest BCUT2D eigenvalue weighted by atomic mass is 32.2. The first-order valence-corrected chi connectivity index (χ1v) is 10.9. The molecule has 0 radical (unpaired) electrons. The van der Waals surface area contributed by atoms with Gasteiger partial charge in [0.25, 0.3) is 5.91 Å². The van der Waals surface area contributed by atoms with E-state index in [0.29, 0.717) is 37.4 Å². The Hall–Kier alpha value is -2.22. The minimum absolute atomic E-state index is 0.130. The molecule has 0 saturated carbocycles. The first-order chi connectivity index (χ1) is 13.4. The number of hydrogen-bond acceptors (Lipinski definition) is 4. The molecule has 2 aromatic carbocycles. The third kappa shape index (κ3) is 4.43. The number of carbonyl (C=O) groups excluding carboxylic acids is 1. The summed E-state index contributed by atoms with van der Waals surface area (Å²) in [7, 11) is -3.66. The van der Waals surface area contributed by atoms with Crippen LogP contribution in [0.2, 0.25) is 0 Å². The number of aryl methyl sites for hydroxylation is 1. The first-order valence-electron chi connectivity index (χ1n) is 9.48. The molecule has 150 valence electrons. The Kier molecular flexibility index (Phi) is 6.49. The molecular formula is C21H26N2O4S. The summed E-state index contributed by atoms with van der Waals surface area (Å²) in [5.74, 6) is -0.283. The Morgan fingerprint density at radius 1 is 1.14 bits per heavy atom. The molecule has 1 unspecified atom stereocenters. The quantitative estimate of drug-likeness (QED) is 0.806. The minimum atomic E-state index is -3.66. The molecule has 0 bridgehead atoms. The van der Waals surface area contributed by atoms with Gasteiger partial charge in [0.15, 0.2) is 0 Å². The Morgan fingerprint density at radius 2 is 1.82 bits per heavy atom. The molecule has 1 heterocycles. The van der Waals surface area contributed by atoms with Crippen molar-refractivity contribution in [2.45, 2.75) is 31.2 Å². The highest BCUT2D eigenvalue weighted by molar-refractivity contribution is 7.89. The van der Waals surface area contributed by atoms with E-state index in [-0.39, 0.29) is 16.8 Å². The maximum absolute atomic E-state index is 13.0. The summed E-state index contributed by atoms with van der Waals surface area (Å²) in [6.45, 7) is 5.16. The number of benzene rings is 2. The van der Waals surface area contributed by atoms with E-state index >= 15 is 0 Å². The molecule has 2 aromatic rings. The first kappa shape index (κ1) is 20.5. The fourth-order valence-electron chi connectivity index (χ4n) is 3.29. The van der Waals surface area contributed by atoms with Gasteiger partial charge < -0.3 is 10.1 Å². The summed E-state index contributed by atoms with van der Waals surface area (Å²) in [5, 5.41) is 3.01. The number of rotatable bonds is 6. The molecule has 1 atom stereocenters. The number of nitrogens with zero attached hydrogens (tertiary/aromatic N) is 1. The second-order valence-corrected chi connectivity index (χ2v) is 8.75. The highest BCUT2D eigenvalue weighted by Gasteiger charge is 2.28. The van der Waals surface area contributed by atoms with Gasteiger partial charge in [-0.3, -0.25) is 4.79 Å². The van der Waals surface area contributed by atoms with Crippen molar-refractivity contribution in [3.05, 3.63) is 65.2 Å².